The fourth-order valence-corrected chi connectivity index (χ4v) is 1.33. The van der Waals surface area contributed by atoms with Gasteiger partial charge in [0.15, 0.2) is 5.82 Å². The van der Waals surface area contributed by atoms with E-state index >= 15 is 0 Å². The Morgan fingerprint density at radius 3 is 2.60 bits per heavy atom. The lowest BCUT2D eigenvalue weighted by molar-refractivity contribution is 0.0470. The fraction of sp³-hybridized carbons (Fsp3) is 0.700. The van der Waals surface area contributed by atoms with Crippen molar-refractivity contribution in [3.8, 4) is 0 Å². The molecule has 15 heavy (non-hydrogen) atoms. The van der Waals surface area contributed by atoms with Crippen LogP contribution in [0.4, 0.5) is 0 Å². The van der Waals surface area contributed by atoms with Gasteiger partial charge in [-0.25, -0.2) is 4.79 Å². The SMILES string of the molecule is CCOC(=O)c1nc(C(CC)CC)no1. The summed E-state index contributed by atoms with van der Waals surface area (Å²) in [5.41, 5.74) is 0. The van der Waals surface area contributed by atoms with Crippen LogP contribution < -0.4 is 0 Å². The van der Waals surface area contributed by atoms with Gasteiger partial charge in [-0.05, 0) is 19.8 Å². The van der Waals surface area contributed by atoms with Crippen LogP contribution in [0.15, 0.2) is 4.52 Å². The standard InChI is InChI=1S/C10H16N2O3/c1-4-7(5-2)8-11-9(15-12-8)10(13)14-6-3/h7H,4-6H2,1-3H3. The zero-order valence-electron chi connectivity index (χ0n) is 9.32. The van der Waals surface area contributed by atoms with Crippen molar-refractivity contribution in [2.45, 2.75) is 39.5 Å². The first-order chi connectivity index (χ1) is 7.22. The number of hydrogen-bond donors (Lipinski definition) is 0. The number of rotatable bonds is 5. The summed E-state index contributed by atoms with van der Waals surface area (Å²) in [6.07, 6.45) is 1.86. The number of ether oxygens (including phenoxy) is 1. The summed E-state index contributed by atoms with van der Waals surface area (Å²) in [5.74, 6) is 0.223. The van der Waals surface area contributed by atoms with Crippen LogP contribution in [0.2, 0.25) is 0 Å². The zero-order valence-corrected chi connectivity index (χ0v) is 9.32. The average molecular weight is 212 g/mol. The normalized spacial score (nSPS) is 10.7. The molecule has 0 unspecified atom stereocenters. The smallest absolute Gasteiger partial charge is 0.397 e. The van der Waals surface area contributed by atoms with Gasteiger partial charge in [0.25, 0.3) is 0 Å². The Bertz CT molecular complexity index is 318. The molecule has 0 N–H and O–H groups in total. The third kappa shape index (κ3) is 2.78. The van der Waals surface area contributed by atoms with Crippen LogP contribution in [0.25, 0.3) is 0 Å². The van der Waals surface area contributed by atoms with E-state index in [2.05, 4.69) is 24.0 Å². The van der Waals surface area contributed by atoms with Crippen molar-refractivity contribution >= 4 is 5.97 Å². The van der Waals surface area contributed by atoms with E-state index in [0.717, 1.165) is 12.8 Å². The molecule has 1 heterocycles. The quantitative estimate of drug-likeness (QED) is 0.699. The number of hydrogen-bond acceptors (Lipinski definition) is 5. The predicted molar refractivity (Wildman–Crippen MR) is 53.6 cm³/mol. The van der Waals surface area contributed by atoms with E-state index in [9.17, 15) is 4.79 Å². The van der Waals surface area contributed by atoms with Crippen molar-refractivity contribution in [1.29, 1.82) is 0 Å². The highest BCUT2D eigenvalue weighted by molar-refractivity contribution is 5.83. The number of aromatic nitrogens is 2. The van der Waals surface area contributed by atoms with Crippen LogP contribution in [-0.2, 0) is 4.74 Å². The molecule has 0 atom stereocenters. The van der Waals surface area contributed by atoms with Crippen molar-refractivity contribution in [3.63, 3.8) is 0 Å². The molecule has 1 rings (SSSR count). The minimum atomic E-state index is -0.554. The van der Waals surface area contributed by atoms with Gasteiger partial charge in [0.1, 0.15) is 0 Å². The van der Waals surface area contributed by atoms with Crippen molar-refractivity contribution in [2.75, 3.05) is 6.61 Å². The van der Waals surface area contributed by atoms with Crippen LogP contribution in [0.3, 0.4) is 0 Å². The second kappa shape index (κ2) is 5.48. The summed E-state index contributed by atoms with van der Waals surface area (Å²) >= 11 is 0. The third-order valence-electron chi connectivity index (χ3n) is 2.24. The predicted octanol–water partition coefficient (Wildman–Crippen LogP) is 2.15. The molecule has 0 saturated heterocycles. The minimum Gasteiger partial charge on any atom is -0.459 e. The Morgan fingerprint density at radius 1 is 1.40 bits per heavy atom. The molecule has 0 aromatic carbocycles. The van der Waals surface area contributed by atoms with Gasteiger partial charge in [0.05, 0.1) is 6.61 Å². The van der Waals surface area contributed by atoms with Gasteiger partial charge in [-0.2, -0.15) is 4.98 Å². The number of carbonyl (C=O) groups is 1. The third-order valence-corrected chi connectivity index (χ3v) is 2.24. The molecule has 0 aliphatic carbocycles. The van der Waals surface area contributed by atoms with Gasteiger partial charge in [-0.1, -0.05) is 19.0 Å². The highest BCUT2D eigenvalue weighted by Gasteiger charge is 2.19. The second-order valence-electron chi connectivity index (χ2n) is 3.19. The molecule has 1 aromatic heterocycles. The monoisotopic (exact) mass is 212 g/mol. The molecular formula is C10H16N2O3. The lowest BCUT2D eigenvalue weighted by Gasteiger charge is -2.04. The minimum absolute atomic E-state index is 0.0567. The summed E-state index contributed by atoms with van der Waals surface area (Å²) in [5, 5.41) is 3.77. The maximum atomic E-state index is 11.2. The Morgan fingerprint density at radius 2 is 2.07 bits per heavy atom. The molecule has 5 nitrogen and oxygen atoms in total. The molecule has 0 bridgehead atoms. The fourth-order valence-electron chi connectivity index (χ4n) is 1.33. The van der Waals surface area contributed by atoms with Gasteiger partial charge >= 0.3 is 11.9 Å². The van der Waals surface area contributed by atoms with E-state index in [4.69, 9.17) is 9.26 Å². The Balaban J connectivity index is 2.75. The Kier molecular flexibility index (Phi) is 4.27. The van der Waals surface area contributed by atoms with E-state index in [1.165, 1.54) is 0 Å². The van der Waals surface area contributed by atoms with Gasteiger partial charge in [0, 0.05) is 5.92 Å². The molecule has 0 aliphatic rings. The first-order valence-corrected chi connectivity index (χ1v) is 5.23. The van der Waals surface area contributed by atoms with Crippen LogP contribution in [0.5, 0.6) is 0 Å². The molecule has 0 radical (unpaired) electrons. The van der Waals surface area contributed by atoms with E-state index < -0.39 is 5.97 Å². The van der Waals surface area contributed by atoms with Crippen molar-refractivity contribution in [3.05, 3.63) is 11.7 Å². The van der Waals surface area contributed by atoms with Crippen molar-refractivity contribution < 1.29 is 14.1 Å². The molecule has 0 aliphatic heterocycles. The molecule has 84 valence electrons. The van der Waals surface area contributed by atoms with Crippen LogP contribution in [0.1, 0.15) is 56.0 Å². The average Bonchev–Trinajstić information content (AvgIpc) is 2.69. The molecule has 0 saturated carbocycles. The van der Waals surface area contributed by atoms with Crippen molar-refractivity contribution in [1.82, 2.24) is 10.1 Å². The first-order valence-electron chi connectivity index (χ1n) is 5.23. The maximum absolute atomic E-state index is 11.2. The largest absolute Gasteiger partial charge is 0.459 e. The lowest BCUT2D eigenvalue weighted by atomic mass is 10.0. The molecule has 0 amide bonds. The highest BCUT2D eigenvalue weighted by Crippen LogP contribution is 2.19. The van der Waals surface area contributed by atoms with Crippen LogP contribution in [-0.4, -0.2) is 22.7 Å². The van der Waals surface area contributed by atoms with E-state index in [-0.39, 0.29) is 11.8 Å². The summed E-state index contributed by atoms with van der Waals surface area (Å²) in [4.78, 5) is 15.3. The van der Waals surface area contributed by atoms with E-state index in [1.54, 1.807) is 6.92 Å². The zero-order chi connectivity index (χ0) is 11.3. The maximum Gasteiger partial charge on any atom is 0.397 e. The lowest BCUT2D eigenvalue weighted by Crippen LogP contribution is -2.05. The van der Waals surface area contributed by atoms with Gasteiger partial charge in [-0.3, -0.25) is 0 Å². The van der Waals surface area contributed by atoms with Gasteiger partial charge in [-0.15, -0.1) is 0 Å². The molecule has 0 spiro atoms. The number of esters is 1. The molecular weight excluding hydrogens is 196 g/mol. The number of carbonyl (C=O) groups excluding carboxylic acids is 1. The second-order valence-corrected chi connectivity index (χ2v) is 3.19. The summed E-state index contributed by atoms with van der Waals surface area (Å²) in [6.45, 7) is 6.14. The molecule has 1 aromatic rings. The van der Waals surface area contributed by atoms with E-state index in [1.807, 2.05) is 0 Å². The molecule has 5 heteroatoms. The first kappa shape index (κ1) is 11.7. The number of nitrogens with zero attached hydrogens (tertiary/aromatic N) is 2. The van der Waals surface area contributed by atoms with Crippen molar-refractivity contribution in [2.24, 2.45) is 0 Å². The van der Waals surface area contributed by atoms with Gasteiger partial charge < -0.3 is 9.26 Å². The van der Waals surface area contributed by atoms with Crippen LogP contribution >= 0.6 is 0 Å². The Labute approximate surface area is 88.8 Å². The van der Waals surface area contributed by atoms with Gasteiger partial charge in [0.2, 0.25) is 0 Å². The Hall–Kier alpha value is -1.39. The summed E-state index contributed by atoms with van der Waals surface area (Å²) < 4.78 is 9.58. The summed E-state index contributed by atoms with van der Waals surface area (Å²) in [6, 6.07) is 0. The topological polar surface area (TPSA) is 65.2 Å². The van der Waals surface area contributed by atoms with E-state index in [0.29, 0.717) is 12.4 Å². The summed E-state index contributed by atoms with van der Waals surface area (Å²) in [7, 11) is 0. The highest BCUT2D eigenvalue weighted by atomic mass is 16.6. The van der Waals surface area contributed by atoms with Crippen LogP contribution in [0, 0.1) is 0 Å². The molecule has 0 fully saturated rings.